The van der Waals surface area contributed by atoms with Gasteiger partial charge in [-0.25, -0.2) is 9.37 Å². The molecule has 1 aromatic carbocycles. The molecule has 2 heterocycles. The van der Waals surface area contributed by atoms with E-state index in [0.29, 0.717) is 25.5 Å². The number of ether oxygens (including phenoxy) is 1. The minimum Gasteiger partial charge on any atom is -0.367 e. The lowest BCUT2D eigenvalue weighted by molar-refractivity contribution is -0.119. The molecular weight excluding hydrogens is 327 g/mol. The van der Waals surface area contributed by atoms with Crippen molar-refractivity contribution in [2.24, 2.45) is 0 Å². The Labute approximate surface area is 144 Å². The van der Waals surface area contributed by atoms with Crippen molar-refractivity contribution in [2.45, 2.75) is 19.6 Å². The second-order valence-corrected chi connectivity index (χ2v) is 5.79. The van der Waals surface area contributed by atoms with Crippen LogP contribution in [0.25, 0.3) is 0 Å². The molecule has 0 radical (unpaired) electrons. The quantitative estimate of drug-likeness (QED) is 0.876. The Morgan fingerprint density at radius 3 is 3.00 bits per heavy atom. The first-order valence-corrected chi connectivity index (χ1v) is 7.98. The molecule has 0 spiro atoms. The van der Waals surface area contributed by atoms with Gasteiger partial charge in [-0.3, -0.25) is 9.59 Å². The van der Waals surface area contributed by atoms with E-state index in [2.05, 4.69) is 15.3 Å². The summed E-state index contributed by atoms with van der Waals surface area (Å²) >= 11 is 0. The number of carbonyl (C=O) groups excluding carboxylic acids is 2. The lowest BCUT2D eigenvalue weighted by atomic mass is 10.1. The summed E-state index contributed by atoms with van der Waals surface area (Å²) in [7, 11) is 0. The first-order chi connectivity index (χ1) is 12.0. The molecule has 3 rings (SSSR count). The minimum atomic E-state index is -0.536. The van der Waals surface area contributed by atoms with Gasteiger partial charge in [0.1, 0.15) is 17.7 Å². The Morgan fingerprint density at radius 1 is 1.44 bits per heavy atom. The molecule has 2 N–H and O–H groups in total. The van der Waals surface area contributed by atoms with Gasteiger partial charge >= 0.3 is 0 Å². The largest absolute Gasteiger partial charge is 0.367 e. The molecular formula is C17H19FN4O3. The number of carbonyl (C=O) groups is 2. The Hall–Kier alpha value is -2.74. The highest BCUT2D eigenvalue weighted by Gasteiger charge is 2.28. The van der Waals surface area contributed by atoms with E-state index >= 15 is 0 Å². The maximum absolute atomic E-state index is 13.8. The monoisotopic (exact) mass is 346 g/mol. The number of halogens is 1. The smallest absolute Gasteiger partial charge is 0.257 e. The van der Waals surface area contributed by atoms with E-state index in [4.69, 9.17) is 4.74 Å². The number of aromatic nitrogens is 2. The van der Waals surface area contributed by atoms with E-state index in [-0.39, 0.29) is 23.9 Å². The predicted octanol–water partition coefficient (Wildman–Crippen LogP) is 1.40. The van der Waals surface area contributed by atoms with Crippen molar-refractivity contribution < 1.29 is 18.7 Å². The number of nitrogens with zero attached hydrogens (tertiary/aromatic N) is 2. The maximum atomic E-state index is 13.8. The summed E-state index contributed by atoms with van der Waals surface area (Å²) in [6, 6.07) is 5.93. The molecule has 0 saturated carbocycles. The first-order valence-electron chi connectivity index (χ1n) is 7.98. The van der Waals surface area contributed by atoms with E-state index in [0.717, 1.165) is 5.69 Å². The number of amides is 2. The number of morpholine rings is 1. The molecule has 1 aliphatic rings. The van der Waals surface area contributed by atoms with Gasteiger partial charge in [0, 0.05) is 13.5 Å². The van der Waals surface area contributed by atoms with E-state index in [1.54, 1.807) is 23.2 Å². The number of imidazole rings is 1. The van der Waals surface area contributed by atoms with E-state index in [9.17, 15) is 14.0 Å². The number of aromatic amines is 1. The Kier molecular flexibility index (Phi) is 5.08. The summed E-state index contributed by atoms with van der Waals surface area (Å²) in [5, 5.41) is 2.68. The summed E-state index contributed by atoms with van der Waals surface area (Å²) in [5.41, 5.74) is 0.792. The highest BCUT2D eigenvalue weighted by molar-refractivity contribution is 5.94. The van der Waals surface area contributed by atoms with Crippen molar-refractivity contribution in [1.82, 2.24) is 20.2 Å². The molecule has 1 fully saturated rings. The summed E-state index contributed by atoms with van der Waals surface area (Å²) in [4.78, 5) is 32.4. The molecule has 1 aliphatic heterocycles. The third kappa shape index (κ3) is 4.03. The van der Waals surface area contributed by atoms with Crippen LogP contribution in [0.4, 0.5) is 4.39 Å². The molecule has 2 aromatic rings. The molecule has 132 valence electrons. The molecule has 1 saturated heterocycles. The average Bonchev–Trinajstić information content (AvgIpc) is 3.09. The molecule has 25 heavy (non-hydrogen) atoms. The van der Waals surface area contributed by atoms with Crippen LogP contribution in [0.3, 0.4) is 0 Å². The normalized spacial score (nSPS) is 17.4. The number of benzene rings is 1. The van der Waals surface area contributed by atoms with Crippen molar-refractivity contribution in [3.8, 4) is 0 Å². The van der Waals surface area contributed by atoms with Gasteiger partial charge in [0.25, 0.3) is 5.91 Å². The van der Waals surface area contributed by atoms with Crippen molar-refractivity contribution in [3.05, 3.63) is 53.4 Å². The molecule has 1 atom stereocenters. The Balaban J connectivity index is 1.68. The Bertz CT molecular complexity index is 777. The number of H-pyrrole nitrogens is 1. The van der Waals surface area contributed by atoms with E-state index < -0.39 is 11.9 Å². The number of nitrogens with one attached hydrogen (secondary N) is 2. The standard InChI is InChI=1S/C17H19FN4O3/c1-11(23)19-8-12-9-20-16(21-12)15-10-22(6-7-25-15)17(24)13-4-2-3-5-14(13)18/h2-5,9,15H,6-8,10H2,1H3,(H,19,23)(H,20,21)/t15-/m1/s1. The van der Waals surface area contributed by atoms with Crippen molar-refractivity contribution in [2.75, 3.05) is 19.7 Å². The molecule has 0 unspecified atom stereocenters. The average molecular weight is 346 g/mol. The van der Waals surface area contributed by atoms with Crippen LogP contribution < -0.4 is 5.32 Å². The summed E-state index contributed by atoms with van der Waals surface area (Å²) < 4.78 is 19.5. The summed E-state index contributed by atoms with van der Waals surface area (Å²) in [6.07, 6.45) is 1.20. The molecule has 8 heteroatoms. The zero-order valence-corrected chi connectivity index (χ0v) is 13.8. The molecule has 0 bridgehead atoms. The second kappa shape index (κ2) is 7.43. The zero-order valence-electron chi connectivity index (χ0n) is 13.8. The van der Waals surface area contributed by atoms with Crippen LogP contribution in [-0.2, 0) is 16.1 Å². The van der Waals surface area contributed by atoms with Gasteiger partial charge in [0.15, 0.2) is 0 Å². The highest BCUT2D eigenvalue weighted by atomic mass is 19.1. The maximum Gasteiger partial charge on any atom is 0.257 e. The molecule has 0 aliphatic carbocycles. The third-order valence-corrected chi connectivity index (χ3v) is 3.94. The Morgan fingerprint density at radius 2 is 2.24 bits per heavy atom. The lowest BCUT2D eigenvalue weighted by Crippen LogP contribution is -2.42. The number of hydrogen-bond donors (Lipinski definition) is 2. The number of hydrogen-bond acceptors (Lipinski definition) is 4. The minimum absolute atomic E-state index is 0.0499. The van der Waals surface area contributed by atoms with Crippen molar-refractivity contribution >= 4 is 11.8 Å². The first kappa shape index (κ1) is 17.1. The third-order valence-electron chi connectivity index (χ3n) is 3.94. The second-order valence-electron chi connectivity index (χ2n) is 5.79. The molecule has 7 nitrogen and oxygen atoms in total. The summed E-state index contributed by atoms with van der Waals surface area (Å²) in [5.74, 6) is -0.458. The topological polar surface area (TPSA) is 87.3 Å². The van der Waals surface area contributed by atoms with Crippen LogP contribution in [0.2, 0.25) is 0 Å². The van der Waals surface area contributed by atoms with E-state index in [1.165, 1.54) is 19.1 Å². The van der Waals surface area contributed by atoms with Gasteiger partial charge in [-0.1, -0.05) is 12.1 Å². The van der Waals surface area contributed by atoms with Crippen LogP contribution in [0, 0.1) is 5.82 Å². The van der Waals surface area contributed by atoms with Crippen LogP contribution in [-0.4, -0.2) is 46.4 Å². The van der Waals surface area contributed by atoms with Crippen LogP contribution in [0.5, 0.6) is 0 Å². The predicted molar refractivity (Wildman–Crippen MR) is 87.1 cm³/mol. The van der Waals surface area contributed by atoms with Crippen LogP contribution >= 0.6 is 0 Å². The number of rotatable bonds is 4. The van der Waals surface area contributed by atoms with Gasteiger partial charge < -0.3 is 19.9 Å². The highest BCUT2D eigenvalue weighted by Crippen LogP contribution is 2.22. The van der Waals surface area contributed by atoms with Gasteiger partial charge in [-0.15, -0.1) is 0 Å². The van der Waals surface area contributed by atoms with Crippen molar-refractivity contribution in [1.29, 1.82) is 0 Å². The van der Waals surface area contributed by atoms with Gasteiger partial charge in [-0.2, -0.15) is 0 Å². The SMILES string of the molecule is CC(=O)NCc1cnc([C@H]2CN(C(=O)c3ccccc3F)CCO2)[nH]1. The fourth-order valence-corrected chi connectivity index (χ4v) is 2.65. The van der Waals surface area contributed by atoms with Crippen molar-refractivity contribution in [3.63, 3.8) is 0 Å². The fourth-order valence-electron chi connectivity index (χ4n) is 2.65. The van der Waals surface area contributed by atoms with Gasteiger partial charge in [0.05, 0.1) is 37.2 Å². The van der Waals surface area contributed by atoms with Crippen LogP contribution in [0.15, 0.2) is 30.5 Å². The molecule has 2 amide bonds. The zero-order chi connectivity index (χ0) is 17.8. The van der Waals surface area contributed by atoms with Gasteiger partial charge in [-0.05, 0) is 12.1 Å². The van der Waals surface area contributed by atoms with E-state index in [1.807, 2.05) is 0 Å². The van der Waals surface area contributed by atoms with Crippen LogP contribution in [0.1, 0.15) is 34.9 Å². The molecule has 1 aromatic heterocycles. The van der Waals surface area contributed by atoms with Gasteiger partial charge in [0.2, 0.25) is 5.91 Å². The lowest BCUT2D eigenvalue weighted by Gasteiger charge is -2.32. The summed E-state index contributed by atoms with van der Waals surface area (Å²) in [6.45, 7) is 2.79. The fraction of sp³-hybridized carbons (Fsp3) is 0.353.